The smallest absolute Gasteiger partial charge is 0.251 e. The molecule has 1 fully saturated rings. The second kappa shape index (κ2) is 6.91. The van der Waals surface area contributed by atoms with Gasteiger partial charge in [0.05, 0.1) is 13.2 Å². The van der Waals surface area contributed by atoms with Gasteiger partial charge in [-0.3, -0.25) is 9.59 Å². The third-order valence-electron chi connectivity index (χ3n) is 3.30. The van der Waals surface area contributed by atoms with Crippen LogP contribution in [0.5, 0.6) is 0 Å². The van der Waals surface area contributed by atoms with Crippen LogP contribution in [0, 0.1) is 0 Å². The molecule has 0 radical (unpaired) electrons. The number of rotatable bonds is 3. The zero-order valence-electron chi connectivity index (χ0n) is 11.8. The van der Waals surface area contributed by atoms with Crippen LogP contribution in [0.2, 0.25) is 0 Å². The molecule has 3 N–H and O–H groups in total. The van der Waals surface area contributed by atoms with Gasteiger partial charge >= 0.3 is 0 Å². The van der Waals surface area contributed by atoms with Crippen LogP contribution in [0.25, 0.3) is 0 Å². The van der Waals surface area contributed by atoms with Crippen molar-refractivity contribution >= 4 is 33.4 Å². The van der Waals surface area contributed by atoms with Crippen molar-refractivity contribution < 1.29 is 14.3 Å². The third-order valence-corrected chi connectivity index (χ3v) is 3.99. The van der Waals surface area contributed by atoms with Crippen molar-refractivity contribution in [3.8, 4) is 0 Å². The SMILES string of the molecule is CC(NC(=O)c1ccc(N)c(Br)c1)C(=O)N1CCOCC1. The predicted molar refractivity (Wildman–Crippen MR) is 82.9 cm³/mol. The number of nitrogen functional groups attached to an aromatic ring is 1. The Kier molecular flexibility index (Phi) is 5.19. The number of hydrogen-bond donors (Lipinski definition) is 2. The number of carbonyl (C=O) groups excluding carboxylic acids is 2. The molecule has 0 spiro atoms. The van der Waals surface area contributed by atoms with E-state index in [1.54, 1.807) is 30.0 Å². The molecular weight excluding hydrogens is 338 g/mol. The monoisotopic (exact) mass is 355 g/mol. The number of anilines is 1. The molecular formula is C14H18BrN3O3. The van der Waals surface area contributed by atoms with E-state index in [0.717, 1.165) is 0 Å². The molecule has 0 bridgehead atoms. The van der Waals surface area contributed by atoms with Crippen molar-refractivity contribution in [1.82, 2.24) is 10.2 Å². The number of hydrogen-bond acceptors (Lipinski definition) is 4. The number of nitrogens with zero attached hydrogens (tertiary/aromatic N) is 1. The van der Waals surface area contributed by atoms with Crippen molar-refractivity contribution in [3.63, 3.8) is 0 Å². The van der Waals surface area contributed by atoms with E-state index in [-0.39, 0.29) is 11.8 Å². The second-order valence-corrected chi connectivity index (χ2v) is 5.72. The average molecular weight is 356 g/mol. The van der Waals surface area contributed by atoms with Crippen LogP contribution >= 0.6 is 15.9 Å². The zero-order chi connectivity index (χ0) is 15.4. The summed E-state index contributed by atoms with van der Waals surface area (Å²) in [6.45, 7) is 3.88. The minimum absolute atomic E-state index is 0.0961. The summed E-state index contributed by atoms with van der Waals surface area (Å²) < 4.78 is 5.86. The maximum atomic E-state index is 12.2. The van der Waals surface area contributed by atoms with Crippen LogP contribution in [0.4, 0.5) is 5.69 Å². The predicted octanol–water partition coefficient (Wildman–Crippen LogP) is 1.01. The minimum Gasteiger partial charge on any atom is -0.398 e. The first-order chi connectivity index (χ1) is 9.99. The number of ether oxygens (including phenoxy) is 1. The van der Waals surface area contributed by atoms with Gasteiger partial charge in [0.2, 0.25) is 5.91 Å². The van der Waals surface area contributed by atoms with E-state index in [1.807, 2.05) is 0 Å². The molecule has 1 aromatic rings. The van der Waals surface area contributed by atoms with Crippen molar-refractivity contribution in [3.05, 3.63) is 28.2 Å². The largest absolute Gasteiger partial charge is 0.398 e. The molecule has 1 heterocycles. The third kappa shape index (κ3) is 3.95. The molecule has 21 heavy (non-hydrogen) atoms. The highest BCUT2D eigenvalue weighted by molar-refractivity contribution is 9.10. The van der Waals surface area contributed by atoms with Crippen molar-refractivity contribution in [2.24, 2.45) is 0 Å². The summed E-state index contributed by atoms with van der Waals surface area (Å²) in [4.78, 5) is 26.1. The van der Waals surface area contributed by atoms with Crippen molar-refractivity contribution in [1.29, 1.82) is 0 Å². The Morgan fingerprint density at radius 1 is 1.38 bits per heavy atom. The first-order valence-corrected chi connectivity index (χ1v) is 7.51. The van der Waals surface area contributed by atoms with E-state index in [0.29, 0.717) is 42.0 Å². The second-order valence-electron chi connectivity index (χ2n) is 4.87. The number of amides is 2. The van der Waals surface area contributed by atoms with E-state index in [9.17, 15) is 9.59 Å². The molecule has 1 atom stereocenters. The number of nitrogens with two attached hydrogens (primary N) is 1. The van der Waals surface area contributed by atoms with Crippen LogP contribution in [0.3, 0.4) is 0 Å². The zero-order valence-corrected chi connectivity index (χ0v) is 13.4. The minimum atomic E-state index is -0.577. The van der Waals surface area contributed by atoms with E-state index in [4.69, 9.17) is 10.5 Å². The van der Waals surface area contributed by atoms with Gasteiger partial charge in [0.1, 0.15) is 6.04 Å². The van der Waals surface area contributed by atoms with Gasteiger partial charge in [-0.05, 0) is 41.1 Å². The lowest BCUT2D eigenvalue weighted by atomic mass is 10.1. The van der Waals surface area contributed by atoms with Gasteiger partial charge in [-0.2, -0.15) is 0 Å². The molecule has 0 aromatic heterocycles. The molecule has 1 aliphatic rings. The molecule has 0 saturated carbocycles. The quantitative estimate of drug-likeness (QED) is 0.792. The Bertz CT molecular complexity index is 544. The highest BCUT2D eigenvalue weighted by atomic mass is 79.9. The van der Waals surface area contributed by atoms with Crippen LogP contribution in [-0.2, 0) is 9.53 Å². The highest BCUT2D eigenvalue weighted by Gasteiger charge is 2.24. The van der Waals surface area contributed by atoms with Crippen LogP contribution in [0.1, 0.15) is 17.3 Å². The summed E-state index contributed by atoms with van der Waals surface area (Å²) in [7, 11) is 0. The first kappa shape index (κ1) is 15.8. The average Bonchev–Trinajstić information content (AvgIpc) is 2.50. The van der Waals surface area contributed by atoms with Gasteiger partial charge < -0.3 is 20.7 Å². The lowest BCUT2D eigenvalue weighted by Crippen LogP contribution is -2.50. The molecule has 1 aromatic carbocycles. The summed E-state index contributed by atoms with van der Waals surface area (Å²) in [5.41, 5.74) is 6.70. The summed E-state index contributed by atoms with van der Waals surface area (Å²) in [5, 5.41) is 2.71. The van der Waals surface area contributed by atoms with Gasteiger partial charge in [-0.1, -0.05) is 0 Å². The Balaban J connectivity index is 1.97. The summed E-state index contributed by atoms with van der Waals surface area (Å²) >= 11 is 3.28. The Morgan fingerprint density at radius 3 is 2.67 bits per heavy atom. The summed E-state index contributed by atoms with van der Waals surface area (Å²) in [5.74, 6) is -0.397. The van der Waals surface area contributed by atoms with E-state index in [1.165, 1.54) is 0 Å². The molecule has 2 rings (SSSR count). The maximum absolute atomic E-state index is 12.2. The van der Waals surface area contributed by atoms with Crippen LogP contribution < -0.4 is 11.1 Å². The van der Waals surface area contributed by atoms with Gasteiger partial charge in [0, 0.05) is 28.8 Å². The molecule has 1 saturated heterocycles. The number of morpholine rings is 1. The standard InChI is InChI=1S/C14H18BrN3O3/c1-9(14(20)18-4-6-21-7-5-18)17-13(19)10-2-3-12(16)11(15)8-10/h2-3,8-9H,4-7,16H2,1H3,(H,17,19). The van der Waals surface area contributed by atoms with Crippen LogP contribution in [0.15, 0.2) is 22.7 Å². The number of halogens is 1. The lowest BCUT2D eigenvalue weighted by Gasteiger charge is -2.29. The molecule has 6 nitrogen and oxygen atoms in total. The molecule has 114 valence electrons. The topological polar surface area (TPSA) is 84.7 Å². The Labute approximate surface area is 131 Å². The fraction of sp³-hybridized carbons (Fsp3) is 0.429. The molecule has 7 heteroatoms. The van der Waals surface area contributed by atoms with E-state index >= 15 is 0 Å². The van der Waals surface area contributed by atoms with Crippen molar-refractivity contribution in [2.75, 3.05) is 32.0 Å². The molecule has 1 aliphatic heterocycles. The maximum Gasteiger partial charge on any atom is 0.251 e. The number of benzene rings is 1. The summed E-state index contributed by atoms with van der Waals surface area (Å²) in [6, 6.07) is 4.33. The number of nitrogens with one attached hydrogen (secondary N) is 1. The van der Waals surface area contributed by atoms with Gasteiger partial charge in [-0.25, -0.2) is 0 Å². The lowest BCUT2D eigenvalue weighted by molar-refractivity contribution is -0.136. The summed E-state index contributed by atoms with van der Waals surface area (Å²) in [6.07, 6.45) is 0. The van der Waals surface area contributed by atoms with Gasteiger partial charge in [0.25, 0.3) is 5.91 Å². The number of carbonyl (C=O) groups is 2. The Morgan fingerprint density at radius 2 is 2.05 bits per heavy atom. The molecule has 1 unspecified atom stereocenters. The Hall–Kier alpha value is -1.60. The van der Waals surface area contributed by atoms with E-state index in [2.05, 4.69) is 21.2 Å². The fourth-order valence-electron chi connectivity index (χ4n) is 2.07. The fourth-order valence-corrected chi connectivity index (χ4v) is 2.45. The normalized spacial score (nSPS) is 16.4. The van der Waals surface area contributed by atoms with Crippen LogP contribution in [-0.4, -0.2) is 49.1 Å². The molecule has 0 aliphatic carbocycles. The van der Waals surface area contributed by atoms with Crippen molar-refractivity contribution in [2.45, 2.75) is 13.0 Å². The molecule has 2 amide bonds. The van der Waals surface area contributed by atoms with Gasteiger partial charge in [-0.15, -0.1) is 0 Å². The van der Waals surface area contributed by atoms with E-state index < -0.39 is 6.04 Å². The first-order valence-electron chi connectivity index (χ1n) is 6.71. The van der Waals surface area contributed by atoms with Gasteiger partial charge in [0.15, 0.2) is 0 Å². The highest BCUT2D eigenvalue weighted by Crippen LogP contribution is 2.20.